The third-order valence-electron chi connectivity index (χ3n) is 2.58. The molecule has 0 fully saturated rings. The summed E-state index contributed by atoms with van der Waals surface area (Å²) in [5.41, 5.74) is 0.509. The molecular formula is C12H20N2O3S. The minimum atomic E-state index is -3.77. The molecule has 0 aliphatic rings. The van der Waals surface area contributed by atoms with Gasteiger partial charge in [0.15, 0.2) is 0 Å². The Labute approximate surface area is 109 Å². The maximum Gasteiger partial charge on any atom is 0.274 e. The van der Waals surface area contributed by atoms with Crippen molar-refractivity contribution in [3.05, 3.63) is 29.8 Å². The molecule has 0 aromatic heterocycles. The lowest BCUT2D eigenvalue weighted by molar-refractivity contribution is 0.303. The molecule has 0 spiro atoms. The van der Waals surface area contributed by atoms with Gasteiger partial charge in [-0.15, -0.1) is 0 Å². The average molecular weight is 272 g/mol. The number of rotatable bonds is 4. The van der Waals surface area contributed by atoms with Gasteiger partial charge >= 0.3 is 0 Å². The SMILES string of the molecule is COc1cccc([C@@H](NS(N)(=O)=O)C(C)(C)C)c1. The number of nitrogens with two attached hydrogens (primary N) is 1. The van der Waals surface area contributed by atoms with Gasteiger partial charge in [-0.3, -0.25) is 0 Å². The molecule has 1 aromatic carbocycles. The van der Waals surface area contributed by atoms with Crippen molar-refractivity contribution in [3.63, 3.8) is 0 Å². The number of hydrogen-bond donors (Lipinski definition) is 2. The summed E-state index contributed by atoms with van der Waals surface area (Å²) in [5, 5.41) is 5.07. The number of ether oxygens (including phenoxy) is 1. The molecule has 0 unspecified atom stereocenters. The molecule has 0 amide bonds. The van der Waals surface area contributed by atoms with Crippen molar-refractivity contribution in [1.29, 1.82) is 0 Å². The van der Waals surface area contributed by atoms with Crippen molar-refractivity contribution in [2.75, 3.05) is 7.11 Å². The van der Waals surface area contributed by atoms with Crippen molar-refractivity contribution in [3.8, 4) is 5.75 Å². The zero-order valence-corrected chi connectivity index (χ0v) is 11.9. The van der Waals surface area contributed by atoms with Crippen molar-refractivity contribution < 1.29 is 13.2 Å². The first-order chi connectivity index (χ1) is 8.13. The Kier molecular flexibility index (Phi) is 4.37. The molecule has 0 radical (unpaired) electrons. The number of hydrogen-bond acceptors (Lipinski definition) is 3. The highest BCUT2D eigenvalue weighted by molar-refractivity contribution is 7.87. The third-order valence-corrected chi connectivity index (χ3v) is 3.14. The monoisotopic (exact) mass is 272 g/mol. The standard InChI is InChI=1S/C12H20N2O3S/c1-12(2,3)11(14-18(13,15)16)9-6-5-7-10(8-9)17-4/h5-8,11,14H,1-4H3,(H2,13,15,16)/t11-/m1/s1. The van der Waals surface area contributed by atoms with Gasteiger partial charge in [-0.25, -0.2) is 5.14 Å². The highest BCUT2D eigenvalue weighted by Crippen LogP contribution is 2.34. The summed E-state index contributed by atoms with van der Waals surface area (Å²) in [6, 6.07) is 6.85. The van der Waals surface area contributed by atoms with E-state index in [-0.39, 0.29) is 5.41 Å². The van der Waals surface area contributed by atoms with Crippen LogP contribution in [0.15, 0.2) is 24.3 Å². The minimum absolute atomic E-state index is 0.307. The second kappa shape index (κ2) is 5.26. The van der Waals surface area contributed by atoms with E-state index >= 15 is 0 Å². The topological polar surface area (TPSA) is 81.4 Å². The van der Waals surface area contributed by atoms with Crippen LogP contribution in [0.5, 0.6) is 5.75 Å². The van der Waals surface area contributed by atoms with E-state index in [1.807, 2.05) is 32.9 Å². The quantitative estimate of drug-likeness (QED) is 0.873. The molecule has 5 nitrogen and oxygen atoms in total. The van der Waals surface area contributed by atoms with Gasteiger partial charge in [-0.2, -0.15) is 13.1 Å². The van der Waals surface area contributed by atoms with Crippen LogP contribution < -0.4 is 14.6 Å². The molecule has 6 heteroatoms. The smallest absolute Gasteiger partial charge is 0.274 e. The van der Waals surface area contributed by atoms with E-state index in [0.29, 0.717) is 5.75 Å². The molecule has 0 aliphatic heterocycles. The Morgan fingerprint density at radius 3 is 2.39 bits per heavy atom. The molecule has 0 aliphatic carbocycles. The zero-order valence-electron chi connectivity index (χ0n) is 11.1. The van der Waals surface area contributed by atoms with Crippen LogP contribution >= 0.6 is 0 Å². The van der Waals surface area contributed by atoms with Gasteiger partial charge in [0.1, 0.15) is 5.75 Å². The second-order valence-corrected chi connectivity index (χ2v) is 6.56. The fourth-order valence-electron chi connectivity index (χ4n) is 1.73. The van der Waals surface area contributed by atoms with E-state index in [2.05, 4.69) is 4.72 Å². The largest absolute Gasteiger partial charge is 0.497 e. The van der Waals surface area contributed by atoms with Crippen molar-refractivity contribution >= 4 is 10.2 Å². The van der Waals surface area contributed by atoms with Crippen molar-refractivity contribution in [1.82, 2.24) is 4.72 Å². The Morgan fingerprint density at radius 1 is 1.33 bits per heavy atom. The first kappa shape index (κ1) is 14.9. The summed E-state index contributed by atoms with van der Waals surface area (Å²) in [5.74, 6) is 0.679. The molecule has 1 aromatic rings. The third kappa shape index (κ3) is 4.29. The maximum atomic E-state index is 11.3. The van der Waals surface area contributed by atoms with E-state index in [1.165, 1.54) is 0 Å². The van der Waals surface area contributed by atoms with E-state index in [1.54, 1.807) is 19.2 Å². The summed E-state index contributed by atoms with van der Waals surface area (Å²) >= 11 is 0. The highest BCUT2D eigenvalue weighted by atomic mass is 32.2. The minimum Gasteiger partial charge on any atom is -0.497 e. The van der Waals surface area contributed by atoms with Crippen LogP contribution in [0.25, 0.3) is 0 Å². The summed E-state index contributed by atoms with van der Waals surface area (Å²) < 4.78 is 30.1. The van der Waals surface area contributed by atoms with Gasteiger partial charge in [-0.1, -0.05) is 32.9 Å². The number of benzene rings is 1. The predicted molar refractivity (Wildman–Crippen MR) is 71.4 cm³/mol. The van der Waals surface area contributed by atoms with Crippen LogP contribution in [0.4, 0.5) is 0 Å². The summed E-state index contributed by atoms with van der Waals surface area (Å²) in [6.07, 6.45) is 0. The van der Waals surface area contributed by atoms with Crippen LogP contribution in [0.3, 0.4) is 0 Å². The van der Waals surface area contributed by atoms with Crippen molar-refractivity contribution in [2.45, 2.75) is 26.8 Å². The van der Waals surface area contributed by atoms with Crippen molar-refractivity contribution in [2.24, 2.45) is 10.6 Å². The molecule has 0 bridgehead atoms. The Balaban J connectivity index is 3.18. The first-order valence-corrected chi connectivity index (χ1v) is 7.12. The normalized spacial score (nSPS) is 14.3. The fraction of sp³-hybridized carbons (Fsp3) is 0.500. The van der Waals surface area contributed by atoms with Gasteiger partial charge < -0.3 is 4.74 Å². The molecule has 1 atom stereocenters. The molecule has 18 heavy (non-hydrogen) atoms. The van der Waals surface area contributed by atoms with E-state index in [0.717, 1.165) is 5.56 Å². The van der Waals surface area contributed by atoms with E-state index in [4.69, 9.17) is 9.88 Å². The summed E-state index contributed by atoms with van der Waals surface area (Å²) in [7, 11) is -2.20. The molecular weight excluding hydrogens is 252 g/mol. The zero-order chi connectivity index (χ0) is 14.0. The number of methoxy groups -OCH3 is 1. The Hall–Kier alpha value is -1.11. The predicted octanol–water partition coefficient (Wildman–Crippen LogP) is 1.58. The van der Waals surface area contributed by atoms with E-state index < -0.39 is 16.3 Å². The van der Waals surface area contributed by atoms with Gasteiger partial charge in [0.05, 0.1) is 13.2 Å². The molecule has 0 saturated heterocycles. The van der Waals surface area contributed by atoms with Crippen LogP contribution in [0.2, 0.25) is 0 Å². The van der Waals surface area contributed by atoms with Gasteiger partial charge in [0, 0.05) is 0 Å². The lowest BCUT2D eigenvalue weighted by atomic mass is 9.83. The molecule has 0 heterocycles. The Bertz CT molecular complexity index is 506. The molecule has 1 rings (SSSR count). The second-order valence-electron chi connectivity index (χ2n) is 5.24. The molecule has 0 saturated carbocycles. The average Bonchev–Trinajstić information content (AvgIpc) is 2.23. The van der Waals surface area contributed by atoms with Crippen LogP contribution in [0.1, 0.15) is 32.4 Å². The van der Waals surface area contributed by atoms with Gasteiger partial charge in [0.2, 0.25) is 0 Å². The lowest BCUT2D eigenvalue weighted by Crippen LogP contribution is -2.40. The highest BCUT2D eigenvalue weighted by Gasteiger charge is 2.29. The first-order valence-electron chi connectivity index (χ1n) is 5.57. The number of nitrogens with one attached hydrogen (secondary N) is 1. The van der Waals surface area contributed by atoms with Gasteiger partial charge in [-0.05, 0) is 23.1 Å². The van der Waals surface area contributed by atoms with Gasteiger partial charge in [0.25, 0.3) is 10.2 Å². The maximum absolute atomic E-state index is 11.3. The summed E-state index contributed by atoms with van der Waals surface area (Å²) in [6.45, 7) is 5.82. The molecule has 102 valence electrons. The van der Waals surface area contributed by atoms with Crippen LogP contribution in [0, 0.1) is 5.41 Å². The van der Waals surface area contributed by atoms with E-state index in [9.17, 15) is 8.42 Å². The lowest BCUT2D eigenvalue weighted by Gasteiger charge is -2.31. The fourth-order valence-corrected chi connectivity index (χ4v) is 2.55. The van der Waals surface area contributed by atoms with Crippen LogP contribution in [-0.4, -0.2) is 15.5 Å². The Morgan fingerprint density at radius 2 is 1.94 bits per heavy atom. The van der Waals surface area contributed by atoms with Crippen LogP contribution in [-0.2, 0) is 10.2 Å². The molecule has 3 N–H and O–H groups in total. The summed E-state index contributed by atoms with van der Waals surface area (Å²) in [4.78, 5) is 0.